The number of benzene rings is 4. The fourth-order valence-electron chi connectivity index (χ4n) is 8.01. The highest BCUT2D eigenvalue weighted by molar-refractivity contribution is 6.11. The average Bonchev–Trinajstić information content (AvgIpc) is 3.08. The molecule has 0 fully saturated rings. The first-order valence-electron chi connectivity index (χ1n) is 17.7. The Morgan fingerprint density at radius 1 is 0.521 bits per heavy atom. The maximum Gasteiger partial charge on any atom is 0.0645 e. The van der Waals surface area contributed by atoms with Crippen molar-refractivity contribution in [1.82, 2.24) is 0 Å². The molecule has 1 aliphatic rings. The number of aliphatic imine (C=N–C) groups is 1. The number of fused-ring (bicyclic) bond motifs is 1. The molecule has 0 spiro atoms. The van der Waals surface area contributed by atoms with Gasteiger partial charge in [-0.25, -0.2) is 0 Å². The van der Waals surface area contributed by atoms with Gasteiger partial charge in [0.25, 0.3) is 0 Å². The lowest BCUT2D eigenvalue weighted by atomic mass is 9.72. The lowest BCUT2D eigenvalue weighted by molar-refractivity contribution is 0.283. The Morgan fingerprint density at radius 2 is 0.979 bits per heavy atom. The van der Waals surface area contributed by atoms with Gasteiger partial charge in [-0.1, -0.05) is 154 Å². The van der Waals surface area contributed by atoms with Crippen molar-refractivity contribution in [3.63, 3.8) is 0 Å². The third kappa shape index (κ3) is 8.73. The molecule has 0 amide bonds. The molecule has 1 nitrogen and oxygen atoms in total. The van der Waals surface area contributed by atoms with Crippen molar-refractivity contribution >= 4 is 17.4 Å². The van der Waals surface area contributed by atoms with Gasteiger partial charge in [0.05, 0.1) is 6.54 Å². The van der Waals surface area contributed by atoms with E-state index in [0.29, 0.717) is 6.54 Å². The molecular weight excluding hydrogens is 579 g/mol. The molecule has 5 rings (SSSR count). The molecule has 0 aliphatic carbocycles. The SMILES string of the molecule is C/C1=C\C=C(\c2cc(-c3ccc(C(C)(C)CC(C)(C)C)cc3)cc(-c3ccc(C(C)(C)CC(C)(C)C)cc3)c2)C=NCc2ccccc21. The zero-order chi connectivity index (χ0) is 34.9. The van der Waals surface area contributed by atoms with Gasteiger partial charge in [0.1, 0.15) is 0 Å². The molecule has 0 aromatic heterocycles. The standard InChI is InChI=1S/C47H57N/c1-33-16-17-36(29-48-30-37-14-12-13-15-43(33)37)40-27-38(34-18-22-41(23-19-34)46(8,9)31-44(2,3)4)26-39(28-40)35-20-24-42(25-21-35)47(10,11)32-45(5,6)7/h12-29H,30-32H2,1-11H3/b33-16+,36-17+,48-29?. The maximum absolute atomic E-state index is 4.94. The minimum atomic E-state index is 0.104. The zero-order valence-electron chi connectivity index (χ0n) is 31.5. The molecule has 1 heteroatoms. The van der Waals surface area contributed by atoms with Crippen LogP contribution in [0.1, 0.15) is 117 Å². The van der Waals surface area contributed by atoms with Gasteiger partial charge in [-0.3, -0.25) is 4.99 Å². The van der Waals surface area contributed by atoms with Gasteiger partial charge >= 0.3 is 0 Å². The second kappa shape index (κ2) is 13.5. The van der Waals surface area contributed by atoms with Gasteiger partial charge in [-0.2, -0.15) is 0 Å². The fourth-order valence-corrected chi connectivity index (χ4v) is 8.01. The number of allylic oxidation sites excluding steroid dienone is 4. The van der Waals surface area contributed by atoms with Crippen LogP contribution in [0.2, 0.25) is 0 Å². The van der Waals surface area contributed by atoms with Crippen molar-refractivity contribution in [1.29, 1.82) is 0 Å². The van der Waals surface area contributed by atoms with E-state index in [2.05, 4.69) is 186 Å². The van der Waals surface area contributed by atoms with E-state index >= 15 is 0 Å². The van der Waals surface area contributed by atoms with E-state index in [-0.39, 0.29) is 21.7 Å². The van der Waals surface area contributed by atoms with E-state index in [1.165, 1.54) is 55.6 Å². The molecule has 0 saturated heterocycles. The third-order valence-corrected chi connectivity index (χ3v) is 9.66. The van der Waals surface area contributed by atoms with Crippen LogP contribution in [0.5, 0.6) is 0 Å². The molecule has 0 radical (unpaired) electrons. The minimum absolute atomic E-state index is 0.104. The predicted octanol–water partition coefficient (Wildman–Crippen LogP) is 13.5. The van der Waals surface area contributed by atoms with Crippen LogP contribution in [-0.4, -0.2) is 6.21 Å². The summed E-state index contributed by atoms with van der Waals surface area (Å²) in [7, 11) is 0. The maximum atomic E-state index is 4.94. The molecular formula is C47H57N. The smallest absolute Gasteiger partial charge is 0.0645 e. The van der Waals surface area contributed by atoms with Crippen LogP contribution < -0.4 is 0 Å². The van der Waals surface area contributed by atoms with Crippen LogP contribution in [0, 0.1) is 10.8 Å². The summed E-state index contributed by atoms with van der Waals surface area (Å²) in [5, 5.41) is 0. The van der Waals surface area contributed by atoms with Crippen molar-refractivity contribution in [2.75, 3.05) is 0 Å². The van der Waals surface area contributed by atoms with Crippen molar-refractivity contribution in [3.8, 4) is 22.3 Å². The van der Waals surface area contributed by atoms with Gasteiger partial charge in [0.2, 0.25) is 0 Å². The first-order valence-corrected chi connectivity index (χ1v) is 17.7. The van der Waals surface area contributed by atoms with E-state index in [4.69, 9.17) is 4.99 Å². The van der Waals surface area contributed by atoms with Gasteiger partial charge < -0.3 is 0 Å². The summed E-state index contributed by atoms with van der Waals surface area (Å²) in [6, 6.07) is 34.2. The largest absolute Gasteiger partial charge is 0.288 e. The topological polar surface area (TPSA) is 12.4 Å². The number of hydrogen-bond acceptors (Lipinski definition) is 1. The van der Waals surface area contributed by atoms with Crippen molar-refractivity contribution < 1.29 is 0 Å². The molecule has 4 aromatic carbocycles. The summed E-state index contributed by atoms with van der Waals surface area (Å²) in [6.07, 6.45) is 8.80. The van der Waals surface area contributed by atoms with E-state index < -0.39 is 0 Å². The Balaban J connectivity index is 1.59. The molecule has 48 heavy (non-hydrogen) atoms. The van der Waals surface area contributed by atoms with Crippen molar-refractivity contribution in [2.24, 2.45) is 15.8 Å². The van der Waals surface area contributed by atoms with Crippen molar-refractivity contribution in [3.05, 3.63) is 131 Å². The number of rotatable bonds is 7. The summed E-state index contributed by atoms with van der Waals surface area (Å²) < 4.78 is 0. The third-order valence-electron chi connectivity index (χ3n) is 9.66. The Morgan fingerprint density at radius 3 is 1.46 bits per heavy atom. The average molecular weight is 636 g/mol. The Kier molecular flexibility index (Phi) is 9.94. The molecule has 1 aliphatic heterocycles. The van der Waals surface area contributed by atoms with Gasteiger partial charge in [0.15, 0.2) is 0 Å². The quantitative estimate of drug-likeness (QED) is 0.192. The normalized spacial score (nSPS) is 16.6. The number of hydrogen-bond donors (Lipinski definition) is 0. The highest BCUT2D eigenvalue weighted by Crippen LogP contribution is 2.39. The molecule has 0 atom stereocenters. The lowest BCUT2D eigenvalue weighted by Crippen LogP contribution is -2.24. The molecule has 0 saturated carbocycles. The van der Waals surface area contributed by atoms with Crippen LogP contribution in [-0.2, 0) is 17.4 Å². The van der Waals surface area contributed by atoms with Gasteiger partial charge in [0, 0.05) is 6.21 Å². The molecule has 0 unspecified atom stereocenters. The van der Waals surface area contributed by atoms with E-state index in [1.54, 1.807) is 0 Å². The van der Waals surface area contributed by atoms with Crippen LogP contribution in [0.25, 0.3) is 33.4 Å². The lowest BCUT2D eigenvalue weighted by Gasteiger charge is -2.33. The zero-order valence-corrected chi connectivity index (χ0v) is 31.5. The van der Waals surface area contributed by atoms with Gasteiger partial charge in [-0.05, 0) is 121 Å². The highest BCUT2D eigenvalue weighted by atomic mass is 14.7. The second-order valence-corrected chi connectivity index (χ2v) is 17.8. The van der Waals surface area contributed by atoms with Crippen LogP contribution >= 0.6 is 0 Å². The molecule has 250 valence electrons. The molecule has 4 aromatic rings. The first kappa shape index (κ1) is 35.3. The fraction of sp³-hybridized carbons (Fsp3) is 0.383. The predicted molar refractivity (Wildman–Crippen MR) is 212 cm³/mol. The summed E-state index contributed by atoms with van der Waals surface area (Å²) in [5.41, 5.74) is 14.5. The van der Waals surface area contributed by atoms with E-state index in [1.807, 2.05) is 0 Å². The van der Waals surface area contributed by atoms with Crippen LogP contribution in [0.4, 0.5) is 0 Å². The number of nitrogens with zero attached hydrogens (tertiary/aromatic N) is 1. The highest BCUT2D eigenvalue weighted by Gasteiger charge is 2.28. The monoisotopic (exact) mass is 635 g/mol. The second-order valence-electron chi connectivity index (χ2n) is 17.8. The van der Waals surface area contributed by atoms with Crippen LogP contribution in [0.3, 0.4) is 0 Å². The van der Waals surface area contributed by atoms with E-state index in [0.717, 1.165) is 18.4 Å². The summed E-state index contributed by atoms with van der Waals surface area (Å²) >= 11 is 0. The van der Waals surface area contributed by atoms with E-state index in [9.17, 15) is 0 Å². The van der Waals surface area contributed by atoms with Crippen LogP contribution in [0.15, 0.2) is 108 Å². The summed E-state index contributed by atoms with van der Waals surface area (Å²) in [5.74, 6) is 0. The Labute approximate surface area is 292 Å². The summed E-state index contributed by atoms with van der Waals surface area (Å²) in [6.45, 7) is 26.3. The van der Waals surface area contributed by atoms with Gasteiger partial charge in [-0.15, -0.1) is 0 Å². The summed E-state index contributed by atoms with van der Waals surface area (Å²) in [4.78, 5) is 4.94. The minimum Gasteiger partial charge on any atom is -0.288 e. The molecule has 0 bridgehead atoms. The Bertz CT molecular complexity index is 1740. The van der Waals surface area contributed by atoms with Crippen molar-refractivity contribution in [2.45, 2.75) is 106 Å². The molecule has 1 heterocycles. The molecule has 0 N–H and O–H groups in total. The first-order chi connectivity index (χ1) is 22.4. The Hall–Kier alpha value is -3.97.